The Morgan fingerprint density at radius 3 is 1.79 bits per heavy atom. The van der Waals surface area contributed by atoms with E-state index in [1.54, 1.807) is 0 Å². The van der Waals surface area contributed by atoms with E-state index in [0.717, 1.165) is 44.9 Å². The van der Waals surface area contributed by atoms with Crippen molar-refractivity contribution in [3.05, 3.63) is 0 Å². The van der Waals surface area contributed by atoms with E-state index in [9.17, 15) is 4.79 Å². The van der Waals surface area contributed by atoms with Gasteiger partial charge in [0.1, 0.15) is 6.10 Å². The Balaban J connectivity index is 2.19. The largest absolute Gasteiger partial charge is 0.462 e. The fourth-order valence-corrected chi connectivity index (χ4v) is 4.89. The average molecular weight is 483 g/mol. The van der Waals surface area contributed by atoms with Gasteiger partial charge in [0, 0.05) is 6.42 Å². The molecule has 1 rings (SSSR count). The van der Waals surface area contributed by atoms with Gasteiger partial charge in [0.2, 0.25) is 0 Å². The van der Waals surface area contributed by atoms with Crippen LogP contribution >= 0.6 is 0 Å². The molecule has 1 saturated heterocycles. The lowest BCUT2D eigenvalue weighted by Gasteiger charge is -2.20. The van der Waals surface area contributed by atoms with Crippen LogP contribution in [0.1, 0.15) is 163 Å². The number of hydrogen-bond acceptors (Lipinski definition) is 4. The molecule has 0 saturated carbocycles. The summed E-state index contributed by atoms with van der Waals surface area (Å²) in [7, 11) is 0. The molecule has 1 fully saturated rings. The molecular formula is C30H58O4. The van der Waals surface area contributed by atoms with E-state index in [0.29, 0.717) is 13.0 Å². The van der Waals surface area contributed by atoms with E-state index in [2.05, 4.69) is 13.8 Å². The normalized spacial score (nSPS) is 18.3. The summed E-state index contributed by atoms with van der Waals surface area (Å²) in [6.45, 7) is 9.15. The number of hydrogen-bond donors (Lipinski definition) is 0. The first kappa shape index (κ1) is 31.4. The number of carbonyl (C=O) groups excluding carboxylic acids is 1. The second-order valence-corrected chi connectivity index (χ2v) is 11.0. The lowest BCUT2D eigenvalue weighted by atomic mass is 10.0. The Bertz CT molecular complexity index is 476. The van der Waals surface area contributed by atoms with Crippen LogP contribution in [0.15, 0.2) is 0 Å². The summed E-state index contributed by atoms with van der Waals surface area (Å²) in [5.41, 5.74) is 0. The topological polar surface area (TPSA) is 44.8 Å². The van der Waals surface area contributed by atoms with Crippen molar-refractivity contribution in [3.8, 4) is 0 Å². The van der Waals surface area contributed by atoms with Gasteiger partial charge in [-0.1, -0.05) is 104 Å². The molecule has 0 bridgehead atoms. The van der Waals surface area contributed by atoms with Gasteiger partial charge in [-0.15, -0.1) is 0 Å². The van der Waals surface area contributed by atoms with E-state index in [1.807, 2.05) is 13.8 Å². The second kappa shape index (κ2) is 20.6. The van der Waals surface area contributed by atoms with Crippen molar-refractivity contribution < 1.29 is 19.0 Å². The molecule has 0 spiro atoms. The molecular weight excluding hydrogens is 424 g/mol. The molecule has 34 heavy (non-hydrogen) atoms. The Labute approximate surface area is 212 Å². The van der Waals surface area contributed by atoms with E-state index >= 15 is 0 Å². The molecule has 1 aliphatic rings. The van der Waals surface area contributed by atoms with Crippen LogP contribution in [0.25, 0.3) is 0 Å². The summed E-state index contributed by atoms with van der Waals surface area (Å²) in [6, 6.07) is 0. The first-order valence-corrected chi connectivity index (χ1v) is 15.0. The molecule has 0 aromatic carbocycles. The molecule has 0 N–H and O–H groups in total. The third-order valence-corrected chi connectivity index (χ3v) is 7.03. The smallest absolute Gasteiger partial charge is 0.306 e. The van der Waals surface area contributed by atoms with Crippen LogP contribution in [0.2, 0.25) is 0 Å². The van der Waals surface area contributed by atoms with E-state index in [-0.39, 0.29) is 18.2 Å². The third kappa shape index (κ3) is 17.8. The van der Waals surface area contributed by atoms with Crippen molar-refractivity contribution in [2.24, 2.45) is 0 Å². The predicted octanol–water partition coefficient (Wildman–Crippen LogP) is 9.28. The minimum atomic E-state index is -0.454. The first-order chi connectivity index (χ1) is 16.5. The van der Waals surface area contributed by atoms with Crippen LogP contribution in [0, 0.1) is 0 Å². The summed E-state index contributed by atoms with van der Waals surface area (Å²) in [5, 5.41) is 0. The van der Waals surface area contributed by atoms with Crippen molar-refractivity contribution >= 4 is 5.97 Å². The monoisotopic (exact) mass is 482 g/mol. The summed E-state index contributed by atoms with van der Waals surface area (Å²) in [6.07, 6.45) is 25.3. The zero-order chi connectivity index (χ0) is 24.9. The van der Waals surface area contributed by atoms with Gasteiger partial charge in [-0.3, -0.25) is 4.79 Å². The average Bonchev–Trinajstić information content (AvgIpc) is 3.15. The molecule has 0 amide bonds. The van der Waals surface area contributed by atoms with E-state index in [4.69, 9.17) is 14.2 Å². The molecule has 202 valence electrons. The lowest BCUT2D eigenvalue weighted by molar-refractivity contribution is -0.150. The van der Waals surface area contributed by atoms with Crippen LogP contribution in [-0.2, 0) is 19.0 Å². The zero-order valence-electron chi connectivity index (χ0n) is 23.3. The number of carbonyl (C=O) groups is 1. The van der Waals surface area contributed by atoms with Gasteiger partial charge in [0.15, 0.2) is 5.79 Å². The predicted molar refractivity (Wildman–Crippen MR) is 143 cm³/mol. The number of ether oxygens (including phenoxy) is 3. The third-order valence-electron chi connectivity index (χ3n) is 7.03. The highest BCUT2D eigenvalue weighted by molar-refractivity contribution is 5.69. The highest BCUT2D eigenvalue weighted by Crippen LogP contribution is 2.26. The highest BCUT2D eigenvalue weighted by atomic mass is 16.7. The molecule has 0 aromatic heterocycles. The number of rotatable bonds is 23. The lowest BCUT2D eigenvalue weighted by Crippen LogP contribution is -2.22. The van der Waals surface area contributed by atoms with Gasteiger partial charge in [-0.05, 0) is 52.4 Å². The van der Waals surface area contributed by atoms with Crippen LogP contribution in [-0.4, -0.2) is 30.6 Å². The minimum Gasteiger partial charge on any atom is -0.462 e. The van der Waals surface area contributed by atoms with Gasteiger partial charge in [0.25, 0.3) is 0 Å². The van der Waals surface area contributed by atoms with Gasteiger partial charge in [-0.2, -0.15) is 0 Å². The van der Waals surface area contributed by atoms with Crippen LogP contribution in [0.3, 0.4) is 0 Å². The van der Waals surface area contributed by atoms with Crippen LogP contribution < -0.4 is 0 Å². The fourth-order valence-electron chi connectivity index (χ4n) is 4.89. The zero-order valence-corrected chi connectivity index (χ0v) is 23.3. The maximum Gasteiger partial charge on any atom is 0.306 e. The first-order valence-electron chi connectivity index (χ1n) is 15.0. The summed E-state index contributed by atoms with van der Waals surface area (Å²) >= 11 is 0. The molecule has 4 heteroatoms. The highest BCUT2D eigenvalue weighted by Gasteiger charge is 2.32. The quantitative estimate of drug-likeness (QED) is 0.107. The Morgan fingerprint density at radius 1 is 0.765 bits per heavy atom. The van der Waals surface area contributed by atoms with Crippen LogP contribution in [0.4, 0.5) is 0 Å². The molecule has 2 atom stereocenters. The summed E-state index contributed by atoms with van der Waals surface area (Å²) in [4.78, 5) is 12.5. The molecule has 2 unspecified atom stereocenters. The molecule has 0 radical (unpaired) electrons. The number of esters is 1. The van der Waals surface area contributed by atoms with Gasteiger partial charge < -0.3 is 14.2 Å². The van der Waals surface area contributed by atoms with Crippen molar-refractivity contribution in [2.45, 2.75) is 181 Å². The van der Waals surface area contributed by atoms with Crippen LogP contribution in [0.5, 0.6) is 0 Å². The maximum atomic E-state index is 12.5. The molecule has 0 aromatic rings. The van der Waals surface area contributed by atoms with Crippen molar-refractivity contribution in [1.29, 1.82) is 0 Å². The fraction of sp³-hybridized carbons (Fsp3) is 0.967. The Hall–Kier alpha value is -0.610. The van der Waals surface area contributed by atoms with E-state index in [1.165, 1.54) is 83.5 Å². The summed E-state index contributed by atoms with van der Waals surface area (Å²) < 4.78 is 17.6. The SMILES string of the molecule is CCCCCCCCCCCCC(=O)OC(CCCCCCCC)CCCC1COC(C)(C)O1. The van der Waals surface area contributed by atoms with Gasteiger partial charge >= 0.3 is 5.97 Å². The summed E-state index contributed by atoms with van der Waals surface area (Å²) in [5.74, 6) is -0.443. The van der Waals surface area contributed by atoms with E-state index < -0.39 is 5.79 Å². The van der Waals surface area contributed by atoms with Crippen molar-refractivity contribution in [3.63, 3.8) is 0 Å². The van der Waals surface area contributed by atoms with Crippen molar-refractivity contribution in [1.82, 2.24) is 0 Å². The standard InChI is InChI=1S/C30H58O4/c1-5-7-9-11-13-14-15-16-18-20-25-29(31)33-27(22-19-17-12-10-8-6-2)23-21-24-28-26-32-30(3,4)34-28/h27-28H,5-26H2,1-4H3. The van der Waals surface area contributed by atoms with Crippen molar-refractivity contribution in [2.75, 3.05) is 6.61 Å². The molecule has 1 heterocycles. The molecule has 4 nitrogen and oxygen atoms in total. The number of unbranched alkanes of at least 4 members (excludes halogenated alkanes) is 14. The Morgan fingerprint density at radius 2 is 1.26 bits per heavy atom. The maximum absolute atomic E-state index is 12.5. The second-order valence-electron chi connectivity index (χ2n) is 11.0. The van der Waals surface area contributed by atoms with Gasteiger partial charge in [-0.25, -0.2) is 0 Å². The molecule has 0 aliphatic carbocycles. The Kier molecular flexibility index (Phi) is 19.0. The molecule has 1 aliphatic heterocycles. The minimum absolute atomic E-state index is 0.0112. The van der Waals surface area contributed by atoms with Gasteiger partial charge in [0.05, 0.1) is 12.7 Å².